The van der Waals surface area contributed by atoms with Crippen LogP contribution >= 0.6 is 0 Å². The van der Waals surface area contributed by atoms with Gasteiger partial charge in [0.25, 0.3) is 0 Å². The van der Waals surface area contributed by atoms with Gasteiger partial charge in [-0.15, -0.1) is 0 Å². The number of hydrogen-bond acceptors (Lipinski definition) is 3. The van der Waals surface area contributed by atoms with Gasteiger partial charge in [-0.05, 0) is 39.2 Å². The molecule has 2 rings (SSSR count). The zero-order chi connectivity index (χ0) is 16.2. The third-order valence-electron chi connectivity index (χ3n) is 4.36. The molecular formula is C18H25NO3. The molecule has 1 saturated heterocycles. The van der Waals surface area contributed by atoms with Crippen LogP contribution in [0.5, 0.6) is 0 Å². The Kier molecular flexibility index (Phi) is 5.22. The SMILES string of the molecule is CCOC(=O)[C@H]1CCCN(C(=O)C(C)(C)c2ccccc2)C1. The molecule has 4 heteroatoms. The van der Waals surface area contributed by atoms with Crippen molar-refractivity contribution in [1.29, 1.82) is 0 Å². The second kappa shape index (κ2) is 6.95. The Morgan fingerprint density at radius 2 is 1.95 bits per heavy atom. The predicted molar refractivity (Wildman–Crippen MR) is 85.4 cm³/mol. The van der Waals surface area contributed by atoms with E-state index < -0.39 is 5.41 Å². The van der Waals surface area contributed by atoms with Crippen LogP contribution in [0.15, 0.2) is 30.3 Å². The van der Waals surface area contributed by atoms with Crippen molar-refractivity contribution in [2.75, 3.05) is 19.7 Å². The summed E-state index contributed by atoms with van der Waals surface area (Å²) in [6.07, 6.45) is 1.65. The molecule has 1 aliphatic rings. The van der Waals surface area contributed by atoms with Crippen molar-refractivity contribution in [3.63, 3.8) is 0 Å². The van der Waals surface area contributed by atoms with E-state index in [4.69, 9.17) is 4.74 Å². The monoisotopic (exact) mass is 303 g/mol. The first-order chi connectivity index (χ1) is 10.5. The van der Waals surface area contributed by atoms with Crippen LogP contribution in [0.25, 0.3) is 0 Å². The second-order valence-corrected chi connectivity index (χ2v) is 6.33. The van der Waals surface area contributed by atoms with E-state index in [-0.39, 0.29) is 17.8 Å². The van der Waals surface area contributed by atoms with Gasteiger partial charge in [-0.1, -0.05) is 30.3 Å². The van der Waals surface area contributed by atoms with Gasteiger partial charge in [-0.2, -0.15) is 0 Å². The van der Waals surface area contributed by atoms with E-state index in [1.54, 1.807) is 0 Å². The van der Waals surface area contributed by atoms with Crippen LogP contribution in [0.4, 0.5) is 0 Å². The molecule has 1 heterocycles. The third kappa shape index (κ3) is 3.49. The van der Waals surface area contributed by atoms with E-state index in [0.717, 1.165) is 18.4 Å². The number of ether oxygens (including phenoxy) is 1. The topological polar surface area (TPSA) is 46.6 Å². The van der Waals surface area contributed by atoms with Crippen molar-refractivity contribution in [1.82, 2.24) is 4.90 Å². The first-order valence-electron chi connectivity index (χ1n) is 7.98. The number of rotatable bonds is 4. The molecule has 22 heavy (non-hydrogen) atoms. The lowest BCUT2D eigenvalue weighted by Gasteiger charge is -2.37. The molecular weight excluding hydrogens is 278 g/mol. The lowest BCUT2D eigenvalue weighted by molar-refractivity contribution is -0.152. The summed E-state index contributed by atoms with van der Waals surface area (Å²) in [5.74, 6) is -0.297. The van der Waals surface area contributed by atoms with Crippen molar-refractivity contribution in [2.45, 2.75) is 39.0 Å². The van der Waals surface area contributed by atoms with E-state index in [9.17, 15) is 9.59 Å². The maximum atomic E-state index is 12.9. The van der Waals surface area contributed by atoms with Crippen LogP contribution in [-0.2, 0) is 19.7 Å². The van der Waals surface area contributed by atoms with Gasteiger partial charge in [0.2, 0.25) is 5.91 Å². The fourth-order valence-electron chi connectivity index (χ4n) is 2.99. The number of benzene rings is 1. The fourth-order valence-corrected chi connectivity index (χ4v) is 2.99. The Labute approximate surface area is 132 Å². The van der Waals surface area contributed by atoms with Crippen LogP contribution in [0.1, 0.15) is 39.2 Å². The van der Waals surface area contributed by atoms with Crippen molar-refractivity contribution >= 4 is 11.9 Å². The highest BCUT2D eigenvalue weighted by atomic mass is 16.5. The number of amides is 1. The second-order valence-electron chi connectivity index (χ2n) is 6.33. The van der Waals surface area contributed by atoms with Gasteiger partial charge in [-0.25, -0.2) is 0 Å². The number of hydrogen-bond donors (Lipinski definition) is 0. The molecule has 0 N–H and O–H groups in total. The molecule has 1 atom stereocenters. The minimum absolute atomic E-state index is 0.0766. The lowest BCUT2D eigenvalue weighted by atomic mass is 9.82. The quantitative estimate of drug-likeness (QED) is 0.804. The molecule has 1 aromatic rings. The van der Waals surface area contributed by atoms with Gasteiger partial charge >= 0.3 is 5.97 Å². The summed E-state index contributed by atoms with van der Waals surface area (Å²) in [7, 11) is 0. The van der Waals surface area contributed by atoms with Crippen molar-refractivity contribution in [3.8, 4) is 0 Å². The Morgan fingerprint density at radius 1 is 1.27 bits per heavy atom. The van der Waals surface area contributed by atoms with Crippen LogP contribution in [0.2, 0.25) is 0 Å². The standard InChI is InChI=1S/C18H25NO3/c1-4-22-16(20)14-9-8-12-19(13-14)17(21)18(2,3)15-10-6-5-7-11-15/h5-7,10-11,14H,4,8-9,12-13H2,1-3H3/t14-/m0/s1. The van der Waals surface area contributed by atoms with E-state index >= 15 is 0 Å². The highest BCUT2D eigenvalue weighted by Gasteiger charge is 2.37. The van der Waals surface area contributed by atoms with E-state index in [0.29, 0.717) is 19.7 Å². The maximum absolute atomic E-state index is 12.9. The number of carbonyl (C=O) groups is 2. The molecule has 0 spiro atoms. The molecule has 1 aliphatic heterocycles. The molecule has 1 fully saturated rings. The molecule has 0 saturated carbocycles. The smallest absolute Gasteiger partial charge is 0.310 e. The van der Waals surface area contributed by atoms with Gasteiger partial charge in [0.15, 0.2) is 0 Å². The normalized spacial score (nSPS) is 18.9. The molecule has 4 nitrogen and oxygen atoms in total. The average Bonchev–Trinajstić information content (AvgIpc) is 2.55. The number of piperidine rings is 1. The fraction of sp³-hybridized carbons (Fsp3) is 0.556. The summed E-state index contributed by atoms with van der Waals surface area (Å²) < 4.78 is 5.10. The highest BCUT2D eigenvalue weighted by Crippen LogP contribution is 2.28. The average molecular weight is 303 g/mol. The summed E-state index contributed by atoms with van der Waals surface area (Å²) in [6.45, 7) is 7.26. The van der Waals surface area contributed by atoms with E-state index in [1.807, 2.05) is 56.0 Å². The van der Waals surface area contributed by atoms with Gasteiger partial charge in [0.05, 0.1) is 17.9 Å². The largest absolute Gasteiger partial charge is 0.466 e. The summed E-state index contributed by atoms with van der Waals surface area (Å²) in [5, 5.41) is 0. The molecule has 0 unspecified atom stereocenters. The summed E-state index contributed by atoms with van der Waals surface area (Å²) >= 11 is 0. The third-order valence-corrected chi connectivity index (χ3v) is 4.36. The maximum Gasteiger partial charge on any atom is 0.310 e. The number of esters is 1. The van der Waals surface area contributed by atoms with Crippen molar-refractivity contribution < 1.29 is 14.3 Å². The van der Waals surface area contributed by atoms with Crippen molar-refractivity contribution in [3.05, 3.63) is 35.9 Å². The number of likely N-dealkylation sites (tertiary alicyclic amines) is 1. The van der Waals surface area contributed by atoms with Crippen LogP contribution in [-0.4, -0.2) is 36.5 Å². The van der Waals surface area contributed by atoms with Gasteiger partial charge in [0, 0.05) is 13.1 Å². The highest BCUT2D eigenvalue weighted by molar-refractivity contribution is 5.88. The Morgan fingerprint density at radius 3 is 2.59 bits per heavy atom. The minimum atomic E-state index is -0.586. The van der Waals surface area contributed by atoms with Gasteiger partial charge in [-0.3, -0.25) is 9.59 Å². The predicted octanol–water partition coefficient (Wildman–Crippen LogP) is 2.77. The number of nitrogens with zero attached hydrogens (tertiary/aromatic N) is 1. The minimum Gasteiger partial charge on any atom is -0.466 e. The molecule has 0 bridgehead atoms. The summed E-state index contributed by atoms with van der Waals surface area (Å²) in [5.41, 5.74) is 0.413. The van der Waals surface area contributed by atoms with Gasteiger partial charge in [0.1, 0.15) is 0 Å². The summed E-state index contributed by atoms with van der Waals surface area (Å²) in [4.78, 5) is 26.7. The lowest BCUT2D eigenvalue weighted by Crippen LogP contribution is -2.49. The molecule has 1 amide bonds. The molecule has 0 aromatic heterocycles. The zero-order valence-electron chi connectivity index (χ0n) is 13.7. The number of carbonyl (C=O) groups excluding carboxylic acids is 2. The Bertz CT molecular complexity index is 524. The molecule has 1 aromatic carbocycles. The first kappa shape index (κ1) is 16.5. The van der Waals surface area contributed by atoms with E-state index in [2.05, 4.69) is 0 Å². The zero-order valence-corrected chi connectivity index (χ0v) is 13.7. The van der Waals surface area contributed by atoms with Crippen LogP contribution in [0.3, 0.4) is 0 Å². The van der Waals surface area contributed by atoms with Crippen LogP contribution < -0.4 is 0 Å². The van der Waals surface area contributed by atoms with Gasteiger partial charge < -0.3 is 9.64 Å². The Hall–Kier alpha value is -1.84. The molecule has 0 radical (unpaired) electrons. The molecule has 0 aliphatic carbocycles. The Balaban J connectivity index is 2.10. The van der Waals surface area contributed by atoms with Crippen molar-refractivity contribution in [2.24, 2.45) is 5.92 Å². The summed E-state index contributed by atoms with van der Waals surface area (Å²) in [6, 6.07) is 9.79. The van der Waals surface area contributed by atoms with Crippen LogP contribution in [0, 0.1) is 5.92 Å². The molecule has 120 valence electrons. The van der Waals surface area contributed by atoms with E-state index in [1.165, 1.54) is 0 Å². The first-order valence-corrected chi connectivity index (χ1v) is 7.98.